The predicted octanol–water partition coefficient (Wildman–Crippen LogP) is 3.25. The summed E-state index contributed by atoms with van der Waals surface area (Å²) < 4.78 is 49.7. The summed E-state index contributed by atoms with van der Waals surface area (Å²) in [4.78, 5) is 6.55. The van der Waals surface area contributed by atoms with Gasteiger partial charge in [-0.2, -0.15) is 13.2 Å². The number of oxazole rings is 1. The number of nitrogens with two attached hydrogens (primary N) is 1. The van der Waals surface area contributed by atoms with Crippen LogP contribution < -0.4 is 5.73 Å². The number of alkyl halides is 3. The van der Waals surface area contributed by atoms with Crippen molar-refractivity contribution in [2.75, 3.05) is 26.2 Å². The van der Waals surface area contributed by atoms with Gasteiger partial charge in [0.1, 0.15) is 5.76 Å². The van der Waals surface area contributed by atoms with Gasteiger partial charge in [0.05, 0.1) is 24.0 Å². The lowest BCUT2D eigenvalue weighted by atomic mass is 10.1. The van der Waals surface area contributed by atoms with Gasteiger partial charge in [-0.25, -0.2) is 4.98 Å². The molecule has 3 rings (SSSR count). The van der Waals surface area contributed by atoms with Gasteiger partial charge in [-0.15, -0.1) is 12.4 Å². The van der Waals surface area contributed by atoms with Crippen LogP contribution in [0, 0.1) is 6.92 Å². The van der Waals surface area contributed by atoms with Crippen LogP contribution in [-0.2, 0) is 17.5 Å². The van der Waals surface area contributed by atoms with E-state index in [1.807, 2.05) is 0 Å². The van der Waals surface area contributed by atoms with Crippen molar-refractivity contribution in [3.05, 3.63) is 41.3 Å². The van der Waals surface area contributed by atoms with Crippen LogP contribution in [0.1, 0.15) is 17.0 Å². The molecule has 144 valence electrons. The Labute approximate surface area is 155 Å². The molecule has 1 unspecified atom stereocenters. The Bertz CT molecular complexity index is 736. The molecule has 0 radical (unpaired) electrons. The fourth-order valence-electron chi connectivity index (χ4n) is 2.81. The Kier molecular flexibility index (Phi) is 6.68. The Hall–Kier alpha value is -1.61. The van der Waals surface area contributed by atoms with Gasteiger partial charge in [0.15, 0.2) is 0 Å². The van der Waals surface area contributed by atoms with E-state index < -0.39 is 11.7 Å². The van der Waals surface area contributed by atoms with Gasteiger partial charge in [0.2, 0.25) is 5.89 Å². The summed E-state index contributed by atoms with van der Waals surface area (Å²) in [6.07, 6.45) is -4.41. The third-order valence-electron chi connectivity index (χ3n) is 4.19. The summed E-state index contributed by atoms with van der Waals surface area (Å²) in [5, 5.41) is 0. The number of hydrogen-bond acceptors (Lipinski definition) is 5. The molecular weight excluding hydrogens is 371 g/mol. The van der Waals surface area contributed by atoms with Gasteiger partial charge in [0, 0.05) is 31.7 Å². The summed E-state index contributed by atoms with van der Waals surface area (Å²) in [7, 11) is 0. The molecule has 0 aliphatic carbocycles. The molecule has 1 saturated heterocycles. The van der Waals surface area contributed by atoms with Crippen molar-refractivity contribution in [2.24, 2.45) is 5.73 Å². The van der Waals surface area contributed by atoms with E-state index in [4.69, 9.17) is 14.9 Å². The number of morpholine rings is 1. The third-order valence-corrected chi connectivity index (χ3v) is 4.19. The lowest BCUT2D eigenvalue weighted by Gasteiger charge is -2.31. The molecule has 1 fully saturated rings. The summed E-state index contributed by atoms with van der Waals surface area (Å²) in [5.41, 5.74) is 5.94. The van der Waals surface area contributed by atoms with E-state index in [0.717, 1.165) is 18.7 Å². The SMILES string of the molecule is Cc1oc(-c2cccc(C(F)(F)F)c2)nc1CN1CCOC(CN)C1.Cl. The molecule has 1 aliphatic heterocycles. The van der Waals surface area contributed by atoms with E-state index >= 15 is 0 Å². The monoisotopic (exact) mass is 391 g/mol. The molecule has 0 saturated carbocycles. The topological polar surface area (TPSA) is 64.5 Å². The van der Waals surface area contributed by atoms with Crippen molar-refractivity contribution in [1.82, 2.24) is 9.88 Å². The van der Waals surface area contributed by atoms with Gasteiger partial charge in [-0.1, -0.05) is 6.07 Å². The van der Waals surface area contributed by atoms with Crippen molar-refractivity contribution in [1.29, 1.82) is 0 Å². The normalized spacial score (nSPS) is 18.6. The first-order chi connectivity index (χ1) is 11.9. The number of rotatable bonds is 4. The Morgan fingerprint density at radius 1 is 1.35 bits per heavy atom. The molecule has 1 aliphatic rings. The van der Waals surface area contributed by atoms with Gasteiger partial charge in [-0.3, -0.25) is 4.90 Å². The lowest BCUT2D eigenvalue weighted by Crippen LogP contribution is -2.45. The number of aromatic nitrogens is 1. The summed E-state index contributed by atoms with van der Waals surface area (Å²) in [6, 6.07) is 4.99. The first-order valence-electron chi connectivity index (χ1n) is 8.05. The number of ether oxygens (including phenoxy) is 1. The highest BCUT2D eigenvalue weighted by Crippen LogP contribution is 2.32. The average molecular weight is 392 g/mol. The van der Waals surface area contributed by atoms with Crippen LogP contribution in [0.25, 0.3) is 11.5 Å². The van der Waals surface area contributed by atoms with Crippen LogP contribution in [0.5, 0.6) is 0 Å². The minimum absolute atomic E-state index is 0. The van der Waals surface area contributed by atoms with Gasteiger partial charge < -0.3 is 14.9 Å². The van der Waals surface area contributed by atoms with Crippen LogP contribution >= 0.6 is 12.4 Å². The zero-order chi connectivity index (χ0) is 18.0. The minimum Gasteiger partial charge on any atom is -0.441 e. The second kappa shape index (κ2) is 8.39. The quantitative estimate of drug-likeness (QED) is 0.866. The van der Waals surface area contributed by atoms with Crippen LogP contribution in [0.4, 0.5) is 13.2 Å². The first-order valence-corrected chi connectivity index (χ1v) is 8.05. The molecule has 0 bridgehead atoms. The third kappa shape index (κ3) is 4.76. The molecule has 1 aromatic heterocycles. The second-order valence-electron chi connectivity index (χ2n) is 6.06. The van der Waals surface area contributed by atoms with Crippen molar-refractivity contribution < 1.29 is 22.3 Å². The number of halogens is 4. The highest BCUT2D eigenvalue weighted by Gasteiger charge is 2.31. The zero-order valence-corrected chi connectivity index (χ0v) is 15.1. The lowest BCUT2D eigenvalue weighted by molar-refractivity contribution is -0.137. The zero-order valence-electron chi connectivity index (χ0n) is 14.3. The van der Waals surface area contributed by atoms with Crippen molar-refractivity contribution in [3.8, 4) is 11.5 Å². The largest absolute Gasteiger partial charge is 0.441 e. The standard InChI is InChI=1S/C17H20F3N3O2.ClH/c1-11-15(10-23-5-6-24-14(8-21)9-23)22-16(25-11)12-3-2-4-13(7-12)17(18,19)20;/h2-4,7,14H,5-6,8-10,21H2,1H3;1H. The Morgan fingerprint density at radius 3 is 2.81 bits per heavy atom. The molecule has 0 spiro atoms. The van der Waals surface area contributed by atoms with Crippen LogP contribution in [0.3, 0.4) is 0 Å². The van der Waals surface area contributed by atoms with Gasteiger partial charge in [0.25, 0.3) is 0 Å². The highest BCUT2D eigenvalue weighted by atomic mass is 35.5. The molecular formula is C17H21ClF3N3O2. The number of hydrogen-bond donors (Lipinski definition) is 1. The highest BCUT2D eigenvalue weighted by molar-refractivity contribution is 5.85. The second-order valence-corrected chi connectivity index (χ2v) is 6.06. The Balaban J connectivity index is 0.00000243. The number of aryl methyl sites for hydroxylation is 1. The molecule has 5 nitrogen and oxygen atoms in total. The molecule has 2 heterocycles. The molecule has 26 heavy (non-hydrogen) atoms. The van der Waals surface area contributed by atoms with E-state index in [2.05, 4.69) is 9.88 Å². The average Bonchev–Trinajstić information content (AvgIpc) is 2.95. The number of benzene rings is 1. The molecule has 9 heteroatoms. The molecule has 2 aromatic rings. The van der Waals surface area contributed by atoms with Crippen LogP contribution in [-0.4, -0.2) is 42.2 Å². The van der Waals surface area contributed by atoms with Crippen molar-refractivity contribution in [3.63, 3.8) is 0 Å². The molecule has 1 aromatic carbocycles. The minimum atomic E-state index is -4.40. The van der Waals surface area contributed by atoms with E-state index in [0.29, 0.717) is 43.3 Å². The smallest absolute Gasteiger partial charge is 0.416 e. The maximum atomic E-state index is 12.9. The van der Waals surface area contributed by atoms with E-state index in [1.165, 1.54) is 6.07 Å². The molecule has 0 amide bonds. The van der Waals surface area contributed by atoms with E-state index in [9.17, 15) is 13.2 Å². The maximum Gasteiger partial charge on any atom is 0.416 e. The molecule has 2 N–H and O–H groups in total. The fraction of sp³-hybridized carbons (Fsp3) is 0.471. The van der Waals surface area contributed by atoms with Gasteiger partial charge >= 0.3 is 6.18 Å². The number of nitrogens with zero attached hydrogens (tertiary/aromatic N) is 2. The first kappa shape index (κ1) is 20.7. The Morgan fingerprint density at radius 2 is 2.12 bits per heavy atom. The van der Waals surface area contributed by atoms with Gasteiger partial charge in [-0.05, 0) is 25.1 Å². The van der Waals surface area contributed by atoms with Crippen molar-refractivity contribution in [2.45, 2.75) is 25.7 Å². The maximum absolute atomic E-state index is 12.9. The summed E-state index contributed by atoms with van der Waals surface area (Å²) >= 11 is 0. The van der Waals surface area contributed by atoms with Crippen LogP contribution in [0.15, 0.2) is 28.7 Å². The van der Waals surface area contributed by atoms with E-state index in [1.54, 1.807) is 13.0 Å². The van der Waals surface area contributed by atoms with Crippen LogP contribution in [0.2, 0.25) is 0 Å². The summed E-state index contributed by atoms with van der Waals surface area (Å²) in [6.45, 7) is 4.81. The fourth-order valence-corrected chi connectivity index (χ4v) is 2.81. The summed E-state index contributed by atoms with van der Waals surface area (Å²) in [5.74, 6) is 0.797. The molecule has 1 atom stereocenters. The van der Waals surface area contributed by atoms with Crippen molar-refractivity contribution >= 4 is 12.4 Å². The van der Waals surface area contributed by atoms with E-state index in [-0.39, 0.29) is 24.4 Å². The predicted molar refractivity (Wildman–Crippen MR) is 93.0 cm³/mol.